The van der Waals surface area contributed by atoms with Crippen molar-refractivity contribution in [3.8, 4) is 0 Å². The third-order valence-electron chi connectivity index (χ3n) is 4.87. The molecule has 1 aromatic carbocycles. The molecule has 2 rings (SSSR count). The maximum Gasteiger partial charge on any atom is 0.228 e. The van der Waals surface area contributed by atoms with Crippen LogP contribution in [0.25, 0.3) is 0 Å². The van der Waals surface area contributed by atoms with Gasteiger partial charge in [0, 0.05) is 19.6 Å². The first-order chi connectivity index (χ1) is 11.6. The van der Waals surface area contributed by atoms with Crippen LogP contribution >= 0.6 is 0 Å². The van der Waals surface area contributed by atoms with Gasteiger partial charge in [0.1, 0.15) is 0 Å². The Bertz CT molecular complexity index is 493. The van der Waals surface area contributed by atoms with Crippen LogP contribution in [0.3, 0.4) is 0 Å². The Balaban J connectivity index is 2.02. The SMILES string of the molecule is COCC1(C(=O)NCC(CC(C)O)c2ccccc2)CCNCC1. The highest BCUT2D eigenvalue weighted by atomic mass is 16.5. The highest BCUT2D eigenvalue weighted by Crippen LogP contribution is 2.30. The number of carbonyl (C=O) groups excluding carboxylic acids is 1. The van der Waals surface area contributed by atoms with Gasteiger partial charge in [-0.3, -0.25) is 4.79 Å². The summed E-state index contributed by atoms with van der Waals surface area (Å²) in [5.41, 5.74) is 0.705. The Morgan fingerprint density at radius 1 is 1.33 bits per heavy atom. The van der Waals surface area contributed by atoms with Crippen molar-refractivity contribution in [3.63, 3.8) is 0 Å². The molecule has 1 heterocycles. The van der Waals surface area contributed by atoms with E-state index in [1.807, 2.05) is 18.2 Å². The lowest BCUT2D eigenvalue weighted by molar-refractivity contribution is -0.136. The number of hydrogen-bond donors (Lipinski definition) is 3. The van der Waals surface area contributed by atoms with E-state index in [2.05, 4.69) is 22.8 Å². The zero-order chi connectivity index (χ0) is 17.4. The molecule has 1 aliphatic heterocycles. The second kappa shape index (κ2) is 9.16. The zero-order valence-electron chi connectivity index (χ0n) is 14.8. The van der Waals surface area contributed by atoms with Crippen LogP contribution in [0.4, 0.5) is 0 Å². The van der Waals surface area contributed by atoms with E-state index in [1.54, 1.807) is 14.0 Å². The lowest BCUT2D eigenvalue weighted by Crippen LogP contribution is -2.50. The van der Waals surface area contributed by atoms with Crippen LogP contribution in [0, 0.1) is 5.41 Å². The first-order valence-corrected chi connectivity index (χ1v) is 8.78. The van der Waals surface area contributed by atoms with E-state index in [9.17, 15) is 9.90 Å². The number of aliphatic hydroxyl groups is 1. The van der Waals surface area contributed by atoms with Gasteiger partial charge in [-0.15, -0.1) is 0 Å². The minimum Gasteiger partial charge on any atom is -0.393 e. The molecule has 134 valence electrons. The summed E-state index contributed by atoms with van der Waals surface area (Å²) < 4.78 is 5.33. The summed E-state index contributed by atoms with van der Waals surface area (Å²) >= 11 is 0. The molecule has 5 nitrogen and oxygen atoms in total. The van der Waals surface area contributed by atoms with Crippen molar-refractivity contribution in [1.29, 1.82) is 0 Å². The van der Waals surface area contributed by atoms with Crippen molar-refractivity contribution >= 4 is 5.91 Å². The van der Waals surface area contributed by atoms with E-state index in [-0.39, 0.29) is 11.8 Å². The van der Waals surface area contributed by atoms with Crippen molar-refractivity contribution in [2.45, 2.75) is 38.2 Å². The number of hydrogen-bond acceptors (Lipinski definition) is 4. The number of piperidine rings is 1. The van der Waals surface area contributed by atoms with Crippen molar-refractivity contribution in [2.75, 3.05) is 33.4 Å². The highest BCUT2D eigenvalue weighted by Gasteiger charge is 2.39. The predicted octanol–water partition coefficient (Wildman–Crippen LogP) is 1.67. The average molecular weight is 334 g/mol. The van der Waals surface area contributed by atoms with E-state index >= 15 is 0 Å². The second-order valence-electron chi connectivity index (χ2n) is 6.87. The van der Waals surface area contributed by atoms with Gasteiger partial charge < -0.3 is 20.5 Å². The van der Waals surface area contributed by atoms with Gasteiger partial charge in [0.25, 0.3) is 0 Å². The van der Waals surface area contributed by atoms with Crippen molar-refractivity contribution in [2.24, 2.45) is 5.41 Å². The number of carbonyl (C=O) groups is 1. The van der Waals surface area contributed by atoms with Crippen LogP contribution in [-0.2, 0) is 9.53 Å². The molecule has 1 aromatic rings. The third kappa shape index (κ3) is 5.03. The minimum atomic E-state index is -0.438. The Morgan fingerprint density at radius 3 is 2.58 bits per heavy atom. The summed E-state index contributed by atoms with van der Waals surface area (Å²) in [6, 6.07) is 10.1. The van der Waals surface area contributed by atoms with Crippen LogP contribution in [0.1, 0.15) is 37.7 Å². The largest absolute Gasteiger partial charge is 0.393 e. The summed E-state index contributed by atoms with van der Waals surface area (Å²) in [6.45, 7) is 4.45. The molecule has 0 aromatic heterocycles. The Kier molecular flexibility index (Phi) is 7.21. The molecule has 0 radical (unpaired) electrons. The number of nitrogens with one attached hydrogen (secondary N) is 2. The molecule has 0 bridgehead atoms. The number of rotatable bonds is 8. The molecule has 5 heteroatoms. The van der Waals surface area contributed by atoms with Crippen LogP contribution < -0.4 is 10.6 Å². The van der Waals surface area contributed by atoms with Crippen LogP contribution in [0.5, 0.6) is 0 Å². The summed E-state index contributed by atoms with van der Waals surface area (Å²) in [7, 11) is 1.65. The summed E-state index contributed by atoms with van der Waals surface area (Å²) in [5, 5.41) is 16.2. The quantitative estimate of drug-likeness (QED) is 0.676. The van der Waals surface area contributed by atoms with Crippen LogP contribution in [-0.4, -0.2) is 50.5 Å². The molecule has 2 atom stereocenters. The predicted molar refractivity (Wildman–Crippen MR) is 94.9 cm³/mol. The molecule has 0 aliphatic carbocycles. The second-order valence-corrected chi connectivity index (χ2v) is 6.87. The molecule has 1 aliphatic rings. The molecular formula is C19H30N2O3. The van der Waals surface area contributed by atoms with E-state index in [0.29, 0.717) is 19.6 Å². The van der Waals surface area contributed by atoms with Gasteiger partial charge in [0.05, 0.1) is 18.1 Å². The summed E-state index contributed by atoms with van der Waals surface area (Å²) in [6.07, 6.45) is 1.81. The topological polar surface area (TPSA) is 70.6 Å². The number of benzene rings is 1. The first-order valence-electron chi connectivity index (χ1n) is 8.78. The Labute approximate surface area is 144 Å². The van der Waals surface area contributed by atoms with Gasteiger partial charge in [-0.05, 0) is 44.8 Å². The van der Waals surface area contributed by atoms with Crippen molar-refractivity contribution < 1.29 is 14.6 Å². The number of aliphatic hydroxyl groups excluding tert-OH is 1. The van der Waals surface area contributed by atoms with Gasteiger partial charge in [-0.25, -0.2) is 0 Å². The van der Waals surface area contributed by atoms with Gasteiger partial charge >= 0.3 is 0 Å². The molecule has 2 unspecified atom stereocenters. The highest BCUT2D eigenvalue weighted by molar-refractivity contribution is 5.83. The van der Waals surface area contributed by atoms with Crippen molar-refractivity contribution in [3.05, 3.63) is 35.9 Å². The zero-order valence-corrected chi connectivity index (χ0v) is 14.8. The first kappa shape index (κ1) is 18.9. The molecule has 1 fully saturated rings. The maximum atomic E-state index is 12.9. The fraction of sp³-hybridized carbons (Fsp3) is 0.632. The smallest absolute Gasteiger partial charge is 0.228 e. The lowest BCUT2D eigenvalue weighted by atomic mass is 9.78. The van der Waals surface area contributed by atoms with Gasteiger partial charge in [0.15, 0.2) is 0 Å². The van der Waals surface area contributed by atoms with Gasteiger partial charge in [-0.2, -0.15) is 0 Å². The fourth-order valence-electron chi connectivity index (χ4n) is 3.50. The standard InChI is InChI=1S/C19H30N2O3/c1-15(22)12-17(16-6-4-3-5-7-16)13-21-18(23)19(14-24-2)8-10-20-11-9-19/h3-7,15,17,20,22H,8-14H2,1-2H3,(H,21,23). The monoisotopic (exact) mass is 334 g/mol. The summed E-state index contributed by atoms with van der Waals surface area (Å²) in [5.74, 6) is 0.175. The third-order valence-corrected chi connectivity index (χ3v) is 4.87. The number of methoxy groups -OCH3 is 1. The van der Waals surface area contributed by atoms with Gasteiger partial charge in [0.2, 0.25) is 5.91 Å². The lowest BCUT2D eigenvalue weighted by Gasteiger charge is -2.36. The van der Waals surface area contributed by atoms with Gasteiger partial charge in [-0.1, -0.05) is 30.3 Å². The number of amides is 1. The van der Waals surface area contributed by atoms with Crippen LogP contribution in [0.15, 0.2) is 30.3 Å². The van der Waals surface area contributed by atoms with Crippen molar-refractivity contribution in [1.82, 2.24) is 10.6 Å². The molecule has 1 amide bonds. The molecular weight excluding hydrogens is 304 g/mol. The average Bonchev–Trinajstić information content (AvgIpc) is 2.60. The minimum absolute atomic E-state index is 0.0670. The van der Waals surface area contributed by atoms with E-state index in [4.69, 9.17) is 4.74 Å². The van der Waals surface area contributed by atoms with E-state index in [1.165, 1.54) is 0 Å². The molecule has 0 saturated carbocycles. The number of ether oxygens (including phenoxy) is 1. The Morgan fingerprint density at radius 2 is 2.00 bits per heavy atom. The molecule has 3 N–H and O–H groups in total. The van der Waals surface area contributed by atoms with E-state index < -0.39 is 11.5 Å². The fourth-order valence-corrected chi connectivity index (χ4v) is 3.50. The molecule has 24 heavy (non-hydrogen) atoms. The summed E-state index contributed by atoms with van der Waals surface area (Å²) in [4.78, 5) is 12.9. The normalized spacial score (nSPS) is 19.5. The van der Waals surface area contributed by atoms with E-state index in [0.717, 1.165) is 31.5 Å². The van der Waals surface area contributed by atoms with Crippen LogP contribution in [0.2, 0.25) is 0 Å². The Hall–Kier alpha value is -1.43. The molecule has 0 spiro atoms. The molecule has 1 saturated heterocycles. The maximum absolute atomic E-state index is 12.9.